The number of hydrogen-bond acceptors (Lipinski definition) is 2. The number of aliphatic carboxylic acids is 1. The van der Waals surface area contributed by atoms with Gasteiger partial charge in [0.05, 0.1) is 0 Å². The zero-order valence-electron chi connectivity index (χ0n) is 15.8. The summed E-state index contributed by atoms with van der Waals surface area (Å²) in [6, 6.07) is 0. The van der Waals surface area contributed by atoms with Crippen LogP contribution in [0.2, 0.25) is 0 Å². The van der Waals surface area contributed by atoms with Gasteiger partial charge in [-0.25, -0.2) is 4.79 Å². The summed E-state index contributed by atoms with van der Waals surface area (Å²) in [7, 11) is 0. The molecule has 3 heteroatoms. The highest BCUT2D eigenvalue weighted by Crippen LogP contribution is 2.69. The summed E-state index contributed by atoms with van der Waals surface area (Å²) in [6.07, 6.45) is 10.3. The normalized spacial score (nSPS) is 39.8. The number of carbonyl (C=O) groups is 2. The molecule has 0 amide bonds. The van der Waals surface area contributed by atoms with Crippen LogP contribution in [0.3, 0.4) is 0 Å². The number of fused-ring (bicyclic) bond motifs is 1. The van der Waals surface area contributed by atoms with Gasteiger partial charge in [0.25, 0.3) is 0 Å². The number of hydrogen-bond donors (Lipinski definition) is 1. The predicted molar refractivity (Wildman–Crippen MR) is 96.7 cm³/mol. The first-order valence-corrected chi connectivity index (χ1v) is 9.16. The van der Waals surface area contributed by atoms with E-state index in [0.29, 0.717) is 24.2 Å². The van der Waals surface area contributed by atoms with Crippen LogP contribution in [0.5, 0.6) is 0 Å². The lowest BCUT2D eigenvalue weighted by atomic mass is 9.39. The van der Waals surface area contributed by atoms with Crippen LogP contribution in [0.1, 0.15) is 73.1 Å². The van der Waals surface area contributed by atoms with E-state index in [0.717, 1.165) is 18.9 Å². The lowest BCUT2D eigenvalue weighted by Gasteiger charge is -2.65. The van der Waals surface area contributed by atoms with E-state index in [4.69, 9.17) is 5.11 Å². The zero-order valence-corrected chi connectivity index (χ0v) is 15.8. The number of aldehydes is 1. The van der Waals surface area contributed by atoms with Crippen LogP contribution in [0.4, 0.5) is 0 Å². The monoisotopic (exact) mass is 332 g/mol. The molecule has 0 saturated heterocycles. The average Bonchev–Trinajstić information content (AvgIpc) is 2.52. The number of carboxylic acid groups (broad SMARTS) is 1. The molecule has 0 aliphatic heterocycles. The first-order chi connectivity index (χ1) is 11.1. The highest BCUT2D eigenvalue weighted by atomic mass is 16.4. The number of allylic oxidation sites excluding steroid dienone is 3. The van der Waals surface area contributed by atoms with Gasteiger partial charge >= 0.3 is 5.97 Å². The number of carbonyl (C=O) groups excluding carboxylic acids is 1. The molecule has 134 valence electrons. The van der Waals surface area contributed by atoms with Crippen molar-refractivity contribution in [3.05, 3.63) is 23.3 Å². The van der Waals surface area contributed by atoms with Crippen LogP contribution in [0.15, 0.2) is 23.3 Å². The van der Waals surface area contributed by atoms with Crippen molar-refractivity contribution in [1.29, 1.82) is 0 Å². The smallest absolute Gasteiger partial charge is 0.328 e. The van der Waals surface area contributed by atoms with Crippen LogP contribution >= 0.6 is 0 Å². The molecule has 0 aromatic heterocycles. The van der Waals surface area contributed by atoms with Crippen molar-refractivity contribution in [3.8, 4) is 0 Å². The van der Waals surface area contributed by atoms with E-state index in [1.807, 2.05) is 0 Å². The molecule has 2 aliphatic rings. The summed E-state index contributed by atoms with van der Waals surface area (Å²) in [4.78, 5) is 22.1. The molecule has 0 bridgehead atoms. The fraction of sp³-hybridized carbons (Fsp3) is 0.714. The third-order valence-electron chi connectivity index (χ3n) is 8.00. The molecule has 1 fully saturated rings. The predicted octanol–water partition coefficient (Wildman–Crippen LogP) is 5.17. The Bertz CT molecular complexity index is 588. The summed E-state index contributed by atoms with van der Waals surface area (Å²) < 4.78 is 0. The molecule has 0 spiro atoms. The maximum Gasteiger partial charge on any atom is 0.328 e. The molecular formula is C21H32O3. The molecule has 1 saturated carbocycles. The summed E-state index contributed by atoms with van der Waals surface area (Å²) in [5.41, 5.74) is 2.37. The minimum Gasteiger partial charge on any atom is -0.478 e. The van der Waals surface area contributed by atoms with E-state index in [1.165, 1.54) is 24.8 Å². The molecule has 2 aliphatic carbocycles. The van der Waals surface area contributed by atoms with Gasteiger partial charge in [0.2, 0.25) is 0 Å². The van der Waals surface area contributed by atoms with E-state index in [1.54, 1.807) is 0 Å². The molecule has 0 aromatic carbocycles. The molecule has 2 rings (SSSR count). The van der Waals surface area contributed by atoms with Crippen molar-refractivity contribution in [2.24, 2.45) is 22.2 Å². The second-order valence-corrected chi connectivity index (χ2v) is 8.62. The Hall–Kier alpha value is -1.38. The fourth-order valence-electron chi connectivity index (χ4n) is 5.52. The van der Waals surface area contributed by atoms with Crippen molar-refractivity contribution in [2.45, 2.75) is 73.1 Å². The SMILES string of the molecule is CC1=CCC[C@@]2(C)[C@@]1(C)CC[C@@H](C)[C@]2(C)CC/C(C=O)=C/C(=O)O. The van der Waals surface area contributed by atoms with Gasteiger partial charge in [-0.05, 0) is 73.2 Å². The summed E-state index contributed by atoms with van der Waals surface area (Å²) in [6.45, 7) is 11.8. The van der Waals surface area contributed by atoms with Gasteiger partial charge in [0, 0.05) is 6.08 Å². The Morgan fingerprint density at radius 2 is 2.00 bits per heavy atom. The first-order valence-electron chi connectivity index (χ1n) is 9.16. The van der Waals surface area contributed by atoms with Gasteiger partial charge < -0.3 is 5.11 Å². The second-order valence-electron chi connectivity index (χ2n) is 8.62. The van der Waals surface area contributed by atoms with Gasteiger partial charge in [0.15, 0.2) is 0 Å². The molecule has 24 heavy (non-hydrogen) atoms. The van der Waals surface area contributed by atoms with Crippen molar-refractivity contribution in [2.75, 3.05) is 0 Å². The van der Waals surface area contributed by atoms with E-state index in [2.05, 4.69) is 40.7 Å². The molecular weight excluding hydrogens is 300 g/mol. The Labute approximate surface area is 146 Å². The minimum atomic E-state index is -1.04. The van der Waals surface area contributed by atoms with E-state index >= 15 is 0 Å². The van der Waals surface area contributed by atoms with E-state index in [9.17, 15) is 9.59 Å². The van der Waals surface area contributed by atoms with Gasteiger partial charge in [-0.15, -0.1) is 0 Å². The molecule has 3 nitrogen and oxygen atoms in total. The average molecular weight is 332 g/mol. The van der Waals surface area contributed by atoms with Crippen molar-refractivity contribution in [3.63, 3.8) is 0 Å². The maximum atomic E-state index is 11.2. The standard InChI is InChI=1S/C21H32O3/c1-15-7-6-10-21(5)19(15,3)11-8-16(2)20(21,4)12-9-17(14-22)13-18(23)24/h7,13-14,16H,6,8-12H2,1-5H3,(H,23,24)/b17-13-/t16-,19+,20+,21+/m1/s1. The molecule has 0 unspecified atom stereocenters. The molecule has 4 atom stereocenters. The Morgan fingerprint density at radius 1 is 1.33 bits per heavy atom. The fourth-order valence-corrected chi connectivity index (χ4v) is 5.52. The van der Waals surface area contributed by atoms with Crippen molar-refractivity contribution >= 4 is 12.3 Å². The van der Waals surface area contributed by atoms with Crippen molar-refractivity contribution < 1.29 is 14.7 Å². The molecule has 1 N–H and O–H groups in total. The first kappa shape index (κ1) is 19.0. The highest BCUT2D eigenvalue weighted by Gasteiger charge is 2.60. The van der Waals surface area contributed by atoms with E-state index < -0.39 is 5.97 Å². The Kier molecular flexibility index (Phi) is 5.13. The van der Waals surface area contributed by atoms with Gasteiger partial charge in [0.1, 0.15) is 6.29 Å². The van der Waals surface area contributed by atoms with E-state index in [-0.39, 0.29) is 16.2 Å². The molecule has 0 aromatic rings. The molecule has 0 radical (unpaired) electrons. The lowest BCUT2D eigenvalue weighted by Crippen LogP contribution is -2.57. The van der Waals surface area contributed by atoms with Gasteiger partial charge in [-0.1, -0.05) is 39.3 Å². The van der Waals surface area contributed by atoms with Crippen LogP contribution in [-0.2, 0) is 9.59 Å². The molecule has 0 heterocycles. The third kappa shape index (κ3) is 2.76. The van der Waals surface area contributed by atoms with Gasteiger partial charge in [-0.3, -0.25) is 4.79 Å². The topological polar surface area (TPSA) is 54.4 Å². The lowest BCUT2D eigenvalue weighted by molar-refractivity contribution is -0.132. The van der Waals surface area contributed by atoms with Crippen LogP contribution in [0.25, 0.3) is 0 Å². The van der Waals surface area contributed by atoms with Gasteiger partial charge in [-0.2, -0.15) is 0 Å². The van der Waals surface area contributed by atoms with Crippen LogP contribution in [-0.4, -0.2) is 17.4 Å². The largest absolute Gasteiger partial charge is 0.478 e. The summed E-state index contributed by atoms with van der Waals surface area (Å²) >= 11 is 0. The Morgan fingerprint density at radius 3 is 2.58 bits per heavy atom. The number of carboxylic acids is 1. The minimum absolute atomic E-state index is 0.0934. The zero-order chi connectivity index (χ0) is 18.2. The third-order valence-corrected chi connectivity index (χ3v) is 8.00. The summed E-state index contributed by atoms with van der Waals surface area (Å²) in [5.74, 6) is -0.467. The van der Waals surface area contributed by atoms with Crippen LogP contribution in [0, 0.1) is 22.2 Å². The van der Waals surface area contributed by atoms with Crippen molar-refractivity contribution in [1.82, 2.24) is 0 Å². The Balaban J connectivity index is 2.36. The van der Waals surface area contributed by atoms with Crippen LogP contribution < -0.4 is 0 Å². The second kappa shape index (κ2) is 6.50. The quantitative estimate of drug-likeness (QED) is 0.429. The maximum absolute atomic E-state index is 11.2. The number of rotatable bonds is 5. The highest BCUT2D eigenvalue weighted by molar-refractivity contribution is 5.88. The summed E-state index contributed by atoms with van der Waals surface area (Å²) in [5, 5.41) is 8.94.